The Balaban J connectivity index is 1.78. The third-order valence-corrected chi connectivity index (χ3v) is 6.95. The van der Waals surface area contributed by atoms with E-state index in [1.807, 2.05) is 32.0 Å². The monoisotopic (exact) mass is 545 g/mol. The molecule has 39 heavy (non-hydrogen) atoms. The molecule has 0 saturated heterocycles. The lowest BCUT2D eigenvalue weighted by Crippen LogP contribution is -2.23. The van der Waals surface area contributed by atoms with Crippen LogP contribution in [0.5, 0.6) is 0 Å². The predicted octanol–water partition coefficient (Wildman–Crippen LogP) is 3.82. The minimum Gasteiger partial charge on any atom is -0.394 e. The molecule has 0 atom stereocenters. The summed E-state index contributed by atoms with van der Waals surface area (Å²) >= 11 is 6.34. The standard InChI is InChI=1S/C28H28ClN7O3/c1-5-35(21-8-9-23(29)33-25(21)17-6-7-20(31-14-17)26(38)30-3)22-13-16(2)12-18-24(22)19-15-32-36(10-11-37)27(19)34(4)28(18)39/h6-9,12-15,37H,5,10-11H2,1-4H3,(H,30,38). The van der Waals surface area contributed by atoms with Crippen molar-refractivity contribution < 1.29 is 9.90 Å². The first kappa shape index (κ1) is 26.3. The Hall–Kier alpha value is -4.28. The molecule has 5 aromatic rings. The Morgan fingerprint density at radius 2 is 1.92 bits per heavy atom. The van der Waals surface area contributed by atoms with Crippen LogP contribution >= 0.6 is 11.6 Å². The summed E-state index contributed by atoms with van der Waals surface area (Å²) in [7, 11) is 3.27. The van der Waals surface area contributed by atoms with Gasteiger partial charge in [0.05, 0.1) is 41.8 Å². The number of fused-ring (bicyclic) bond motifs is 3. The summed E-state index contributed by atoms with van der Waals surface area (Å²) in [6.07, 6.45) is 3.34. The third-order valence-electron chi connectivity index (χ3n) is 6.74. The number of amides is 1. The Kier molecular flexibility index (Phi) is 7.07. The summed E-state index contributed by atoms with van der Waals surface area (Å²) in [5.41, 5.74) is 4.56. The molecule has 0 spiro atoms. The van der Waals surface area contributed by atoms with Gasteiger partial charge in [-0.05, 0) is 55.8 Å². The van der Waals surface area contributed by atoms with E-state index in [-0.39, 0.29) is 24.6 Å². The van der Waals surface area contributed by atoms with Gasteiger partial charge in [0.1, 0.15) is 16.5 Å². The van der Waals surface area contributed by atoms with E-state index in [1.54, 1.807) is 53.9 Å². The number of carbonyl (C=O) groups is 1. The van der Waals surface area contributed by atoms with E-state index in [4.69, 9.17) is 11.6 Å². The SMILES string of the molecule is CCN(c1ccc(Cl)nc1-c1ccc(C(=O)NC)nc1)c1cc(C)cc2c(=O)n(C)c3c(cnn3CCO)c12. The first-order chi connectivity index (χ1) is 18.8. The van der Waals surface area contributed by atoms with Crippen LogP contribution in [0, 0.1) is 6.92 Å². The van der Waals surface area contributed by atoms with Crippen LogP contribution < -0.4 is 15.8 Å². The molecule has 0 fully saturated rings. The van der Waals surface area contributed by atoms with Gasteiger partial charge in [-0.15, -0.1) is 0 Å². The second-order valence-corrected chi connectivity index (χ2v) is 9.54. The van der Waals surface area contributed by atoms with E-state index < -0.39 is 0 Å². The normalized spacial score (nSPS) is 11.3. The molecule has 11 heteroatoms. The number of nitrogens with one attached hydrogen (secondary N) is 1. The van der Waals surface area contributed by atoms with E-state index in [1.165, 1.54) is 0 Å². The van der Waals surface area contributed by atoms with Crippen molar-refractivity contribution in [3.63, 3.8) is 0 Å². The maximum Gasteiger partial charge on any atom is 0.269 e. The number of hydrogen-bond donors (Lipinski definition) is 2. The fraction of sp³-hybridized carbons (Fsp3) is 0.250. The fourth-order valence-corrected chi connectivity index (χ4v) is 5.15. The van der Waals surface area contributed by atoms with E-state index in [0.29, 0.717) is 39.7 Å². The van der Waals surface area contributed by atoms with Crippen molar-refractivity contribution in [1.29, 1.82) is 0 Å². The van der Waals surface area contributed by atoms with Crippen LogP contribution in [-0.2, 0) is 13.6 Å². The maximum absolute atomic E-state index is 13.6. The maximum atomic E-state index is 13.6. The number of nitrogens with zero attached hydrogens (tertiary/aromatic N) is 6. The molecule has 4 heterocycles. The average molecular weight is 546 g/mol. The summed E-state index contributed by atoms with van der Waals surface area (Å²) in [5, 5.41) is 19.1. The average Bonchev–Trinajstić information content (AvgIpc) is 3.36. The predicted molar refractivity (Wildman–Crippen MR) is 153 cm³/mol. The molecular weight excluding hydrogens is 518 g/mol. The van der Waals surface area contributed by atoms with Crippen molar-refractivity contribution in [1.82, 2.24) is 29.6 Å². The Labute approximate surface area is 229 Å². The summed E-state index contributed by atoms with van der Waals surface area (Å²) in [6.45, 7) is 4.70. The Morgan fingerprint density at radius 3 is 2.59 bits per heavy atom. The molecule has 0 radical (unpaired) electrons. The quantitative estimate of drug-likeness (QED) is 0.298. The van der Waals surface area contributed by atoms with Crippen LogP contribution in [0.15, 0.2) is 53.6 Å². The lowest BCUT2D eigenvalue weighted by Gasteiger charge is -2.28. The van der Waals surface area contributed by atoms with Crippen molar-refractivity contribution in [2.75, 3.05) is 25.1 Å². The van der Waals surface area contributed by atoms with Crippen LogP contribution in [0.4, 0.5) is 11.4 Å². The van der Waals surface area contributed by atoms with Crippen LogP contribution in [-0.4, -0.2) is 55.5 Å². The number of rotatable bonds is 7. The molecule has 1 aromatic carbocycles. The summed E-state index contributed by atoms with van der Waals surface area (Å²) in [6, 6.07) is 11.0. The topological polar surface area (TPSA) is 118 Å². The van der Waals surface area contributed by atoms with Gasteiger partial charge in [-0.3, -0.25) is 19.1 Å². The van der Waals surface area contributed by atoms with E-state index in [2.05, 4.69) is 25.3 Å². The number of carbonyl (C=O) groups excluding carboxylic acids is 1. The van der Waals surface area contributed by atoms with Gasteiger partial charge in [0.25, 0.3) is 11.5 Å². The molecule has 0 aliphatic heterocycles. The Bertz CT molecular complexity index is 1780. The molecule has 2 N–H and O–H groups in total. The number of aromatic nitrogens is 5. The molecule has 5 rings (SSSR count). The lowest BCUT2D eigenvalue weighted by molar-refractivity contribution is 0.0958. The van der Waals surface area contributed by atoms with Gasteiger partial charge in [0.15, 0.2) is 0 Å². The molecule has 10 nitrogen and oxygen atoms in total. The van der Waals surface area contributed by atoms with Crippen molar-refractivity contribution in [2.45, 2.75) is 20.4 Å². The second-order valence-electron chi connectivity index (χ2n) is 9.16. The van der Waals surface area contributed by atoms with Crippen molar-refractivity contribution >= 4 is 50.7 Å². The highest BCUT2D eigenvalue weighted by molar-refractivity contribution is 6.29. The minimum absolute atomic E-state index is 0.0998. The van der Waals surface area contributed by atoms with Gasteiger partial charge in [-0.2, -0.15) is 5.10 Å². The second kappa shape index (κ2) is 10.5. The van der Waals surface area contributed by atoms with Crippen molar-refractivity contribution in [3.8, 4) is 11.3 Å². The van der Waals surface area contributed by atoms with Crippen LogP contribution in [0.1, 0.15) is 23.0 Å². The molecule has 200 valence electrons. The molecule has 4 aromatic heterocycles. The molecule has 1 amide bonds. The molecular formula is C28H28ClN7O3. The fourth-order valence-electron chi connectivity index (χ4n) is 5.00. The minimum atomic E-state index is -0.283. The molecule has 0 bridgehead atoms. The van der Waals surface area contributed by atoms with Crippen LogP contribution in [0.2, 0.25) is 5.15 Å². The zero-order valence-electron chi connectivity index (χ0n) is 22.1. The Morgan fingerprint density at radius 1 is 1.13 bits per heavy atom. The largest absolute Gasteiger partial charge is 0.394 e. The number of pyridine rings is 3. The zero-order valence-corrected chi connectivity index (χ0v) is 22.8. The smallest absolute Gasteiger partial charge is 0.269 e. The molecule has 0 unspecified atom stereocenters. The van der Waals surface area contributed by atoms with E-state index >= 15 is 0 Å². The highest BCUT2D eigenvalue weighted by Gasteiger charge is 2.23. The lowest BCUT2D eigenvalue weighted by atomic mass is 10.0. The first-order valence-corrected chi connectivity index (χ1v) is 12.9. The third kappa shape index (κ3) is 4.51. The summed E-state index contributed by atoms with van der Waals surface area (Å²) < 4.78 is 3.22. The van der Waals surface area contributed by atoms with Gasteiger partial charge < -0.3 is 15.3 Å². The number of benzene rings is 1. The van der Waals surface area contributed by atoms with E-state index in [0.717, 1.165) is 27.7 Å². The molecule has 0 saturated carbocycles. The summed E-state index contributed by atoms with van der Waals surface area (Å²) in [4.78, 5) is 36.6. The van der Waals surface area contributed by atoms with Gasteiger partial charge >= 0.3 is 0 Å². The number of halogens is 1. The number of aliphatic hydroxyl groups excluding tert-OH is 1. The van der Waals surface area contributed by atoms with Crippen molar-refractivity contribution in [3.05, 3.63) is 75.6 Å². The van der Waals surface area contributed by atoms with E-state index in [9.17, 15) is 14.7 Å². The first-order valence-electron chi connectivity index (χ1n) is 12.5. The van der Waals surface area contributed by atoms with Crippen molar-refractivity contribution in [2.24, 2.45) is 7.05 Å². The van der Waals surface area contributed by atoms with Crippen LogP contribution in [0.3, 0.4) is 0 Å². The van der Waals surface area contributed by atoms with Gasteiger partial charge in [-0.25, -0.2) is 9.67 Å². The van der Waals surface area contributed by atoms with Gasteiger partial charge in [-0.1, -0.05) is 11.6 Å². The highest BCUT2D eigenvalue weighted by atomic mass is 35.5. The number of aliphatic hydroxyl groups is 1. The zero-order chi connectivity index (χ0) is 27.8. The number of anilines is 2. The number of hydrogen-bond acceptors (Lipinski definition) is 7. The van der Waals surface area contributed by atoms with Crippen LogP contribution in [0.25, 0.3) is 33.1 Å². The summed E-state index contributed by atoms with van der Waals surface area (Å²) in [5.74, 6) is -0.283. The van der Waals surface area contributed by atoms with Gasteiger partial charge in [0, 0.05) is 43.2 Å². The molecule has 0 aliphatic rings. The van der Waals surface area contributed by atoms with Gasteiger partial charge in [0.2, 0.25) is 0 Å². The highest BCUT2D eigenvalue weighted by Crippen LogP contribution is 2.40. The molecule has 0 aliphatic carbocycles. The number of aryl methyl sites for hydroxylation is 2.